The number of nitrogens with zero attached hydrogens (tertiary/aromatic N) is 2. The molecule has 1 aromatic carbocycles. The molecule has 0 atom stereocenters. The van der Waals surface area contributed by atoms with E-state index in [1.54, 1.807) is 17.0 Å². The van der Waals surface area contributed by atoms with Crippen molar-refractivity contribution < 1.29 is 28.6 Å². The summed E-state index contributed by atoms with van der Waals surface area (Å²) in [7, 11) is 1.41. The minimum atomic E-state index is -0.855. The number of halogens is 1. The monoisotopic (exact) mass is 482 g/mol. The number of rotatable bonds is 8. The molecule has 2 amide bonds. The summed E-state index contributed by atoms with van der Waals surface area (Å²) in [5.74, 6) is -1.66. The second-order valence-electron chi connectivity index (χ2n) is 8.52. The highest BCUT2D eigenvalue weighted by molar-refractivity contribution is 6.45. The van der Waals surface area contributed by atoms with Gasteiger partial charge in [-0.25, -0.2) is 4.39 Å². The van der Waals surface area contributed by atoms with Gasteiger partial charge in [0.1, 0.15) is 17.0 Å². The average Bonchev–Trinajstić information content (AvgIpc) is 3.30. The van der Waals surface area contributed by atoms with Gasteiger partial charge in [0.05, 0.1) is 19.3 Å². The summed E-state index contributed by atoms with van der Waals surface area (Å²) >= 11 is 0. The molecule has 1 aliphatic rings. The zero-order chi connectivity index (χ0) is 24.9. The number of Topliss-reactive ketones (excluding diaryl/α,β-unsaturated/α-hetero) is 1. The lowest BCUT2D eigenvalue weighted by Gasteiger charge is -2.32. The Hall–Kier alpha value is -3.79. The highest BCUT2D eigenvalue weighted by Gasteiger charge is 2.28. The third kappa shape index (κ3) is 5.32. The van der Waals surface area contributed by atoms with Crippen molar-refractivity contribution in [3.63, 3.8) is 0 Å². The molecule has 1 aliphatic heterocycles. The van der Waals surface area contributed by atoms with Crippen LogP contribution < -0.4 is 10.1 Å². The highest BCUT2D eigenvalue weighted by atomic mass is 19.1. The molecule has 3 heterocycles. The first-order chi connectivity index (χ1) is 16.9. The molecule has 3 N–H and O–H groups in total. The predicted molar refractivity (Wildman–Crippen MR) is 126 cm³/mol. The van der Waals surface area contributed by atoms with E-state index in [4.69, 9.17) is 9.84 Å². The van der Waals surface area contributed by atoms with Gasteiger partial charge in [0.25, 0.3) is 17.6 Å². The maximum atomic E-state index is 13.4. The van der Waals surface area contributed by atoms with Gasteiger partial charge in [-0.05, 0) is 48.9 Å². The first kappa shape index (κ1) is 24.3. The summed E-state index contributed by atoms with van der Waals surface area (Å²) in [6.45, 7) is 0.771. The summed E-state index contributed by atoms with van der Waals surface area (Å²) < 4.78 is 18.5. The number of aliphatic hydroxyl groups is 1. The molecular weight excluding hydrogens is 455 g/mol. The lowest BCUT2D eigenvalue weighted by molar-refractivity contribution is -0.117. The van der Waals surface area contributed by atoms with Gasteiger partial charge in [-0.1, -0.05) is 12.1 Å². The second kappa shape index (κ2) is 10.6. The zero-order valence-electron chi connectivity index (χ0n) is 19.3. The van der Waals surface area contributed by atoms with Crippen LogP contribution in [0.4, 0.5) is 4.39 Å². The standard InChI is InChI=1S/C25H27FN4O5/c1-35-24-19(13-18-20(14-28-22(18)29-24)21(32)23(33)27-8-11-31)25(34)30-9-6-16(7-10-30)12-15-2-4-17(26)5-3-15/h2-5,13-14,16,31H,6-12H2,1H3,(H,27,33)(H,28,29). The summed E-state index contributed by atoms with van der Waals surface area (Å²) in [5.41, 5.74) is 1.67. The third-order valence-electron chi connectivity index (χ3n) is 6.24. The van der Waals surface area contributed by atoms with Crippen LogP contribution in [0.5, 0.6) is 5.88 Å². The molecule has 9 nitrogen and oxygen atoms in total. The maximum absolute atomic E-state index is 13.4. The van der Waals surface area contributed by atoms with Gasteiger partial charge in [-0.3, -0.25) is 14.4 Å². The number of nitrogens with one attached hydrogen (secondary N) is 2. The van der Waals surface area contributed by atoms with E-state index >= 15 is 0 Å². The average molecular weight is 483 g/mol. The van der Waals surface area contributed by atoms with Gasteiger partial charge in [0, 0.05) is 31.2 Å². The van der Waals surface area contributed by atoms with Gasteiger partial charge < -0.3 is 25.0 Å². The van der Waals surface area contributed by atoms with E-state index in [1.807, 2.05) is 0 Å². The Morgan fingerprint density at radius 3 is 2.57 bits per heavy atom. The Kier molecular flexibility index (Phi) is 7.40. The zero-order valence-corrected chi connectivity index (χ0v) is 19.3. The molecule has 2 aromatic heterocycles. The predicted octanol–water partition coefficient (Wildman–Crippen LogP) is 2.10. The number of amides is 2. The van der Waals surface area contributed by atoms with Crippen molar-refractivity contribution in [2.75, 3.05) is 33.4 Å². The third-order valence-corrected chi connectivity index (χ3v) is 6.24. The number of benzene rings is 1. The summed E-state index contributed by atoms with van der Waals surface area (Å²) in [4.78, 5) is 46.9. The van der Waals surface area contributed by atoms with Crippen LogP contribution in [0, 0.1) is 11.7 Å². The van der Waals surface area contributed by atoms with Crippen LogP contribution in [0.15, 0.2) is 36.5 Å². The number of aromatic amines is 1. The molecule has 1 saturated heterocycles. The summed E-state index contributed by atoms with van der Waals surface area (Å²) in [5, 5.41) is 11.5. The van der Waals surface area contributed by atoms with Crippen molar-refractivity contribution in [2.45, 2.75) is 19.3 Å². The normalized spacial score (nSPS) is 14.2. The largest absolute Gasteiger partial charge is 0.480 e. The van der Waals surface area contributed by atoms with Crippen LogP contribution in [-0.4, -0.2) is 70.9 Å². The van der Waals surface area contributed by atoms with E-state index in [1.165, 1.54) is 31.5 Å². The summed E-state index contributed by atoms with van der Waals surface area (Å²) in [6.07, 6.45) is 3.81. The molecule has 10 heteroatoms. The Bertz CT molecular complexity index is 1230. The van der Waals surface area contributed by atoms with Crippen molar-refractivity contribution in [3.05, 3.63) is 59.0 Å². The van der Waals surface area contributed by atoms with Crippen LogP contribution in [0.1, 0.15) is 39.1 Å². The Morgan fingerprint density at radius 1 is 1.20 bits per heavy atom. The van der Waals surface area contributed by atoms with Crippen LogP contribution in [-0.2, 0) is 11.2 Å². The van der Waals surface area contributed by atoms with Crippen molar-refractivity contribution in [1.82, 2.24) is 20.2 Å². The molecule has 4 rings (SSSR count). The topological polar surface area (TPSA) is 125 Å². The molecule has 3 aromatic rings. The number of aromatic nitrogens is 2. The quantitative estimate of drug-likeness (QED) is 0.334. The number of piperidine rings is 1. The van der Waals surface area contributed by atoms with E-state index in [-0.39, 0.29) is 41.9 Å². The maximum Gasteiger partial charge on any atom is 0.292 e. The number of ketones is 1. The van der Waals surface area contributed by atoms with Crippen LogP contribution in [0.3, 0.4) is 0 Å². The lowest BCUT2D eigenvalue weighted by Crippen LogP contribution is -2.39. The fraction of sp³-hybridized carbons (Fsp3) is 0.360. The molecule has 0 spiro atoms. The number of hydrogen-bond donors (Lipinski definition) is 3. The van der Waals surface area contributed by atoms with Gasteiger partial charge in [0.15, 0.2) is 0 Å². The number of hydrogen-bond acceptors (Lipinski definition) is 6. The van der Waals surface area contributed by atoms with E-state index in [0.717, 1.165) is 24.8 Å². The van der Waals surface area contributed by atoms with E-state index in [0.29, 0.717) is 30.0 Å². The molecule has 0 aliphatic carbocycles. The Labute approximate surface area is 201 Å². The number of aliphatic hydroxyl groups excluding tert-OH is 1. The van der Waals surface area contributed by atoms with Gasteiger partial charge in [-0.2, -0.15) is 4.98 Å². The Balaban J connectivity index is 1.50. The van der Waals surface area contributed by atoms with Gasteiger partial charge in [-0.15, -0.1) is 0 Å². The first-order valence-electron chi connectivity index (χ1n) is 11.4. The second-order valence-corrected chi connectivity index (χ2v) is 8.52. The van der Waals surface area contributed by atoms with Crippen LogP contribution in [0.2, 0.25) is 0 Å². The number of H-pyrrole nitrogens is 1. The van der Waals surface area contributed by atoms with Crippen molar-refractivity contribution in [1.29, 1.82) is 0 Å². The van der Waals surface area contributed by atoms with Crippen molar-refractivity contribution >= 4 is 28.6 Å². The van der Waals surface area contributed by atoms with Crippen molar-refractivity contribution in [2.24, 2.45) is 5.92 Å². The van der Waals surface area contributed by atoms with Gasteiger partial charge in [0.2, 0.25) is 5.88 Å². The number of fused-ring (bicyclic) bond motifs is 1. The fourth-order valence-corrected chi connectivity index (χ4v) is 4.36. The molecule has 0 saturated carbocycles. The number of methoxy groups -OCH3 is 1. The molecule has 184 valence electrons. The summed E-state index contributed by atoms with van der Waals surface area (Å²) in [6, 6.07) is 8.02. The number of pyridine rings is 1. The van der Waals surface area contributed by atoms with Gasteiger partial charge >= 0.3 is 0 Å². The molecule has 1 fully saturated rings. The van der Waals surface area contributed by atoms with E-state index in [9.17, 15) is 18.8 Å². The van der Waals surface area contributed by atoms with Crippen molar-refractivity contribution in [3.8, 4) is 5.88 Å². The minimum Gasteiger partial charge on any atom is -0.480 e. The first-order valence-corrected chi connectivity index (χ1v) is 11.4. The van der Waals surface area contributed by atoms with Crippen LogP contribution >= 0.6 is 0 Å². The van der Waals surface area contributed by atoms with E-state index in [2.05, 4.69) is 15.3 Å². The minimum absolute atomic E-state index is 0.0418. The lowest BCUT2D eigenvalue weighted by atomic mass is 9.90. The number of ether oxygens (including phenoxy) is 1. The smallest absolute Gasteiger partial charge is 0.292 e. The highest BCUT2D eigenvalue weighted by Crippen LogP contribution is 2.28. The molecular formula is C25H27FN4O5. The molecule has 0 unspecified atom stereocenters. The molecule has 0 radical (unpaired) electrons. The number of carbonyl (C=O) groups is 3. The van der Waals surface area contributed by atoms with E-state index < -0.39 is 11.7 Å². The molecule has 0 bridgehead atoms. The molecule has 35 heavy (non-hydrogen) atoms. The SMILES string of the molecule is COc1nc2[nH]cc(C(=O)C(=O)NCCO)c2cc1C(=O)N1CCC(Cc2ccc(F)cc2)CC1. The fourth-order valence-electron chi connectivity index (χ4n) is 4.36. The number of carbonyl (C=O) groups excluding carboxylic acids is 3. The van der Waals surface area contributed by atoms with Crippen LogP contribution in [0.25, 0.3) is 11.0 Å². The Morgan fingerprint density at radius 2 is 1.91 bits per heavy atom. The number of likely N-dealkylation sites (tertiary alicyclic amines) is 1.